The summed E-state index contributed by atoms with van der Waals surface area (Å²) in [6, 6.07) is 0.528. The van der Waals surface area contributed by atoms with Gasteiger partial charge in [0.1, 0.15) is 0 Å². The zero-order valence-electron chi connectivity index (χ0n) is 11.7. The van der Waals surface area contributed by atoms with Crippen LogP contribution in [0.5, 0.6) is 0 Å². The van der Waals surface area contributed by atoms with Crippen LogP contribution in [0.25, 0.3) is 0 Å². The lowest BCUT2D eigenvalue weighted by Gasteiger charge is -2.29. The fourth-order valence-corrected chi connectivity index (χ4v) is 3.30. The molecule has 2 N–H and O–H groups in total. The van der Waals surface area contributed by atoms with E-state index in [1.165, 1.54) is 44.9 Å². The molecule has 0 bridgehead atoms. The Morgan fingerprint density at radius 2 is 2.00 bits per heavy atom. The molecule has 2 aliphatic rings. The van der Waals surface area contributed by atoms with Gasteiger partial charge >= 0.3 is 0 Å². The summed E-state index contributed by atoms with van der Waals surface area (Å²) in [5, 5.41) is 6.51. The van der Waals surface area contributed by atoms with Crippen LogP contribution in [0.2, 0.25) is 0 Å². The number of carbonyl (C=O) groups excluding carboxylic acids is 1. The van der Waals surface area contributed by atoms with Crippen molar-refractivity contribution in [2.24, 2.45) is 5.92 Å². The highest BCUT2D eigenvalue weighted by Crippen LogP contribution is 2.28. The second-order valence-corrected chi connectivity index (χ2v) is 6.02. The van der Waals surface area contributed by atoms with E-state index in [-0.39, 0.29) is 11.9 Å². The normalized spacial score (nSPS) is 32.4. The van der Waals surface area contributed by atoms with Crippen molar-refractivity contribution in [1.29, 1.82) is 0 Å². The number of amides is 1. The van der Waals surface area contributed by atoms with Gasteiger partial charge in [0.2, 0.25) is 5.91 Å². The van der Waals surface area contributed by atoms with Crippen LogP contribution in [0.15, 0.2) is 0 Å². The van der Waals surface area contributed by atoms with Gasteiger partial charge in [-0.15, -0.1) is 0 Å². The van der Waals surface area contributed by atoms with E-state index >= 15 is 0 Å². The molecule has 0 spiro atoms. The van der Waals surface area contributed by atoms with E-state index in [4.69, 9.17) is 0 Å². The maximum atomic E-state index is 12.0. The zero-order valence-corrected chi connectivity index (χ0v) is 11.7. The lowest BCUT2D eigenvalue weighted by atomic mass is 9.83. The minimum atomic E-state index is 0.0859. The van der Waals surface area contributed by atoms with E-state index < -0.39 is 0 Å². The second-order valence-electron chi connectivity index (χ2n) is 6.02. The molecule has 1 atom stereocenters. The highest BCUT2D eigenvalue weighted by molar-refractivity contribution is 5.82. The molecule has 0 radical (unpaired) electrons. The molecule has 1 saturated heterocycles. The van der Waals surface area contributed by atoms with Gasteiger partial charge in [-0.2, -0.15) is 0 Å². The van der Waals surface area contributed by atoms with Crippen LogP contribution in [0.3, 0.4) is 0 Å². The molecule has 1 aliphatic carbocycles. The Bertz CT molecular complexity index is 253. The van der Waals surface area contributed by atoms with Gasteiger partial charge in [-0.05, 0) is 51.0 Å². The predicted octanol–water partition coefficient (Wildman–Crippen LogP) is 2.60. The molecular weight excluding hydrogens is 224 g/mol. The first-order chi connectivity index (χ1) is 8.79. The summed E-state index contributed by atoms with van der Waals surface area (Å²) in [6.07, 6.45) is 11.2. The largest absolute Gasteiger partial charge is 0.352 e. The smallest absolute Gasteiger partial charge is 0.237 e. The van der Waals surface area contributed by atoms with Crippen molar-refractivity contribution in [3.8, 4) is 0 Å². The van der Waals surface area contributed by atoms with Gasteiger partial charge in [-0.3, -0.25) is 4.79 Å². The number of unbranched alkanes of at least 4 members (excludes halogenated alkanes) is 1. The van der Waals surface area contributed by atoms with Crippen molar-refractivity contribution in [2.75, 3.05) is 6.54 Å². The maximum absolute atomic E-state index is 12.0. The highest BCUT2D eigenvalue weighted by atomic mass is 16.2. The summed E-state index contributed by atoms with van der Waals surface area (Å²) in [7, 11) is 0. The molecule has 1 unspecified atom stereocenters. The van der Waals surface area contributed by atoms with Crippen molar-refractivity contribution in [1.82, 2.24) is 10.6 Å². The van der Waals surface area contributed by atoms with Crippen molar-refractivity contribution >= 4 is 5.91 Å². The minimum absolute atomic E-state index is 0.0859. The van der Waals surface area contributed by atoms with Crippen molar-refractivity contribution < 1.29 is 4.79 Å². The predicted molar refractivity (Wildman–Crippen MR) is 74.4 cm³/mol. The fraction of sp³-hybridized carbons (Fsp3) is 0.933. The highest BCUT2D eigenvalue weighted by Gasteiger charge is 2.26. The Balaban J connectivity index is 1.65. The van der Waals surface area contributed by atoms with Crippen molar-refractivity contribution in [2.45, 2.75) is 76.8 Å². The van der Waals surface area contributed by atoms with Crippen LogP contribution in [0.4, 0.5) is 0 Å². The third-order valence-electron chi connectivity index (χ3n) is 4.54. The van der Waals surface area contributed by atoms with E-state index in [0.717, 1.165) is 25.3 Å². The molecule has 104 valence electrons. The first kappa shape index (κ1) is 13.9. The van der Waals surface area contributed by atoms with Crippen molar-refractivity contribution in [3.05, 3.63) is 0 Å². The quantitative estimate of drug-likeness (QED) is 0.789. The molecule has 1 saturated carbocycles. The van der Waals surface area contributed by atoms with Crippen LogP contribution in [-0.2, 0) is 4.79 Å². The molecule has 2 rings (SSSR count). The first-order valence-corrected chi connectivity index (χ1v) is 7.83. The molecule has 3 nitrogen and oxygen atoms in total. The average molecular weight is 252 g/mol. The summed E-state index contributed by atoms with van der Waals surface area (Å²) in [5.41, 5.74) is 0. The Morgan fingerprint density at radius 1 is 1.22 bits per heavy atom. The SMILES string of the molecule is CCCCC1CCC(NC(=O)C2CCCN2)CC1. The van der Waals surface area contributed by atoms with E-state index in [1.807, 2.05) is 0 Å². The molecular formula is C15H28N2O. The molecule has 1 aliphatic heterocycles. The van der Waals surface area contributed by atoms with Gasteiger partial charge in [0, 0.05) is 6.04 Å². The molecule has 0 aromatic carbocycles. The third kappa shape index (κ3) is 3.98. The van der Waals surface area contributed by atoms with Gasteiger partial charge in [-0.25, -0.2) is 0 Å². The van der Waals surface area contributed by atoms with E-state index in [0.29, 0.717) is 6.04 Å². The van der Waals surface area contributed by atoms with Gasteiger partial charge in [0.25, 0.3) is 0 Å². The summed E-state index contributed by atoms with van der Waals surface area (Å²) < 4.78 is 0. The van der Waals surface area contributed by atoms with Gasteiger partial charge < -0.3 is 10.6 Å². The number of carbonyl (C=O) groups is 1. The van der Waals surface area contributed by atoms with E-state index in [2.05, 4.69) is 17.6 Å². The molecule has 1 amide bonds. The standard InChI is InChI=1S/C15H28N2O/c1-2-3-5-12-7-9-13(10-8-12)17-15(18)14-6-4-11-16-14/h12-14,16H,2-11H2,1H3,(H,17,18). The van der Waals surface area contributed by atoms with Gasteiger partial charge in [0.05, 0.1) is 6.04 Å². The number of rotatable bonds is 5. The monoisotopic (exact) mass is 252 g/mol. The summed E-state index contributed by atoms with van der Waals surface area (Å²) >= 11 is 0. The number of hydrogen-bond acceptors (Lipinski definition) is 2. The van der Waals surface area contributed by atoms with E-state index in [9.17, 15) is 4.79 Å². The summed E-state index contributed by atoms with van der Waals surface area (Å²) in [5.74, 6) is 1.16. The fourth-order valence-electron chi connectivity index (χ4n) is 3.30. The number of hydrogen-bond donors (Lipinski definition) is 2. The summed E-state index contributed by atoms with van der Waals surface area (Å²) in [4.78, 5) is 12.0. The zero-order chi connectivity index (χ0) is 12.8. The van der Waals surface area contributed by atoms with E-state index in [1.54, 1.807) is 0 Å². The van der Waals surface area contributed by atoms with Crippen molar-refractivity contribution in [3.63, 3.8) is 0 Å². The minimum Gasteiger partial charge on any atom is -0.352 e. The molecule has 1 heterocycles. The molecule has 0 aromatic heterocycles. The first-order valence-electron chi connectivity index (χ1n) is 7.83. The van der Waals surface area contributed by atoms with Gasteiger partial charge in [-0.1, -0.05) is 26.2 Å². The van der Waals surface area contributed by atoms with Crippen LogP contribution in [0.1, 0.15) is 64.7 Å². The molecule has 3 heteroatoms. The Morgan fingerprint density at radius 3 is 2.61 bits per heavy atom. The van der Waals surface area contributed by atoms with Crippen LogP contribution < -0.4 is 10.6 Å². The topological polar surface area (TPSA) is 41.1 Å². The van der Waals surface area contributed by atoms with Crippen LogP contribution >= 0.6 is 0 Å². The van der Waals surface area contributed by atoms with Crippen LogP contribution in [-0.4, -0.2) is 24.5 Å². The Hall–Kier alpha value is -0.570. The average Bonchev–Trinajstić information content (AvgIpc) is 2.92. The Labute approximate surface area is 111 Å². The van der Waals surface area contributed by atoms with Gasteiger partial charge in [0.15, 0.2) is 0 Å². The second kappa shape index (κ2) is 7.13. The Kier molecular flexibility index (Phi) is 5.48. The third-order valence-corrected chi connectivity index (χ3v) is 4.54. The number of nitrogens with one attached hydrogen (secondary N) is 2. The van der Waals surface area contributed by atoms with Crippen LogP contribution in [0, 0.1) is 5.92 Å². The maximum Gasteiger partial charge on any atom is 0.237 e. The lowest BCUT2D eigenvalue weighted by molar-refractivity contribution is -0.123. The lowest BCUT2D eigenvalue weighted by Crippen LogP contribution is -2.46. The molecule has 2 fully saturated rings. The molecule has 18 heavy (non-hydrogen) atoms. The molecule has 0 aromatic rings. The summed E-state index contributed by atoms with van der Waals surface area (Å²) in [6.45, 7) is 3.27.